The lowest BCUT2D eigenvalue weighted by atomic mass is 10.0. The van der Waals surface area contributed by atoms with E-state index < -0.39 is 0 Å². The summed E-state index contributed by atoms with van der Waals surface area (Å²) in [6.07, 6.45) is 2.25. The molecule has 108 valence electrons. The molecule has 4 nitrogen and oxygen atoms in total. The smallest absolute Gasteiger partial charge is 0.164 e. The summed E-state index contributed by atoms with van der Waals surface area (Å²) >= 11 is 0. The summed E-state index contributed by atoms with van der Waals surface area (Å²) < 4.78 is 5.75. The lowest BCUT2D eigenvalue weighted by Gasteiger charge is -2.24. The number of aldehydes is 1. The van der Waals surface area contributed by atoms with Crippen molar-refractivity contribution in [2.45, 2.75) is 20.8 Å². The topological polar surface area (TPSA) is 53.3 Å². The SMILES string of the molecule is CCN(CC)c1ccc2c(c1)O/C(=C(/C#N)C=O)C=C2C. The summed E-state index contributed by atoms with van der Waals surface area (Å²) in [4.78, 5) is 13.1. The van der Waals surface area contributed by atoms with E-state index in [4.69, 9.17) is 10.00 Å². The van der Waals surface area contributed by atoms with Crippen LogP contribution in [-0.4, -0.2) is 19.4 Å². The van der Waals surface area contributed by atoms with Crippen molar-refractivity contribution in [3.05, 3.63) is 41.2 Å². The fraction of sp³-hybridized carbons (Fsp3) is 0.294. The standard InChI is InChI=1S/C17H18N2O2/c1-4-19(5-2)14-6-7-15-12(3)8-16(13(10-18)11-20)21-17(15)9-14/h6-9,11H,4-5H2,1-3H3/b16-13-. The maximum Gasteiger partial charge on any atom is 0.164 e. The number of carbonyl (C=O) groups excluding carboxylic acids is 1. The summed E-state index contributed by atoms with van der Waals surface area (Å²) in [6, 6.07) is 7.90. The molecule has 0 saturated heterocycles. The zero-order valence-electron chi connectivity index (χ0n) is 12.5. The zero-order chi connectivity index (χ0) is 15.4. The Morgan fingerprint density at radius 3 is 2.67 bits per heavy atom. The van der Waals surface area contributed by atoms with Crippen molar-refractivity contribution >= 4 is 17.5 Å². The van der Waals surface area contributed by atoms with Crippen LogP contribution in [0.5, 0.6) is 5.75 Å². The fourth-order valence-electron chi connectivity index (χ4n) is 2.40. The molecule has 0 N–H and O–H groups in total. The molecule has 1 aliphatic heterocycles. The van der Waals surface area contributed by atoms with Crippen LogP contribution < -0.4 is 9.64 Å². The monoisotopic (exact) mass is 282 g/mol. The Morgan fingerprint density at radius 1 is 1.38 bits per heavy atom. The van der Waals surface area contributed by atoms with Crippen LogP contribution in [0, 0.1) is 11.3 Å². The Balaban J connectivity index is 2.50. The van der Waals surface area contributed by atoms with Crippen LogP contribution in [-0.2, 0) is 4.79 Å². The number of hydrogen-bond donors (Lipinski definition) is 0. The van der Waals surface area contributed by atoms with Crippen LogP contribution in [0.15, 0.2) is 35.6 Å². The number of allylic oxidation sites excluding steroid dienone is 3. The largest absolute Gasteiger partial charge is 0.455 e. The average molecular weight is 282 g/mol. The van der Waals surface area contributed by atoms with E-state index in [1.807, 2.05) is 25.1 Å². The summed E-state index contributed by atoms with van der Waals surface area (Å²) in [5.41, 5.74) is 3.04. The van der Waals surface area contributed by atoms with Gasteiger partial charge in [-0.3, -0.25) is 4.79 Å². The van der Waals surface area contributed by atoms with Crippen molar-refractivity contribution in [1.82, 2.24) is 0 Å². The van der Waals surface area contributed by atoms with E-state index in [2.05, 4.69) is 24.8 Å². The maximum atomic E-state index is 10.9. The molecule has 1 aromatic rings. The highest BCUT2D eigenvalue weighted by Crippen LogP contribution is 2.36. The molecular weight excluding hydrogens is 264 g/mol. The van der Waals surface area contributed by atoms with Crippen molar-refractivity contribution in [2.75, 3.05) is 18.0 Å². The number of nitriles is 1. The molecule has 0 aromatic heterocycles. The third-order valence-electron chi connectivity index (χ3n) is 3.59. The van der Waals surface area contributed by atoms with Crippen molar-refractivity contribution in [2.24, 2.45) is 0 Å². The van der Waals surface area contributed by atoms with Gasteiger partial charge in [0.1, 0.15) is 23.2 Å². The molecule has 1 aliphatic rings. The Morgan fingerprint density at radius 2 is 2.10 bits per heavy atom. The minimum atomic E-state index is 0.00763. The molecule has 21 heavy (non-hydrogen) atoms. The molecule has 0 radical (unpaired) electrons. The van der Waals surface area contributed by atoms with Crippen LogP contribution in [0.2, 0.25) is 0 Å². The van der Waals surface area contributed by atoms with Gasteiger partial charge in [-0.1, -0.05) is 0 Å². The van der Waals surface area contributed by atoms with Crippen molar-refractivity contribution in [3.8, 4) is 11.8 Å². The molecule has 0 fully saturated rings. The predicted octanol–water partition coefficient (Wildman–Crippen LogP) is 3.31. The Labute approximate surface area is 124 Å². The highest BCUT2D eigenvalue weighted by Gasteiger charge is 2.18. The molecule has 0 atom stereocenters. The molecule has 2 rings (SSSR count). The van der Waals surface area contributed by atoms with Gasteiger partial charge in [0.15, 0.2) is 6.29 Å². The summed E-state index contributed by atoms with van der Waals surface area (Å²) in [5.74, 6) is 0.998. The molecular formula is C17H18N2O2. The lowest BCUT2D eigenvalue weighted by Crippen LogP contribution is -2.22. The van der Waals surface area contributed by atoms with E-state index in [9.17, 15) is 4.79 Å². The zero-order valence-corrected chi connectivity index (χ0v) is 12.5. The first kappa shape index (κ1) is 14.9. The molecule has 0 saturated carbocycles. The van der Waals surface area contributed by atoms with E-state index in [0.717, 1.165) is 29.9 Å². The third-order valence-corrected chi connectivity index (χ3v) is 3.59. The molecule has 0 aliphatic carbocycles. The molecule has 0 unspecified atom stereocenters. The number of rotatable bonds is 4. The van der Waals surface area contributed by atoms with Crippen LogP contribution >= 0.6 is 0 Å². The molecule has 0 amide bonds. The van der Waals surface area contributed by atoms with Gasteiger partial charge < -0.3 is 9.64 Å². The molecule has 0 spiro atoms. The van der Waals surface area contributed by atoms with E-state index in [0.29, 0.717) is 17.8 Å². The van der Waals surface area contributed by atoms with Gasteiger partial charge in [-0.05, 0) is 44.6 Å². The third kappa shape index (κ3) is 2.82. The first-order valence-electron chi connectivity index (χ1n) is 6.99. The first-order valence-corrected chi connectivity index (χ1v) is 6.99. The number of nitrogens with zero attached hydrogens (tertiary/aromatic N) is 2. The summed E-state index contributed by atoms with van der Waals surface area (Å²) in [6.45, 7) is 7.95. The second kappa shape index (κ2) is 6.27. The van der Waals surface area contributed by atoms with Gasteiger partial charge in [0.2, 0.25) is 0 Å². The number of ether oxygens (including phenoxy) is 1. The number of carbonyl (C=O) groups is 1. The van der Waals surface area contributed by atoms with Crippen LogP contribution in [0.25, 0.3) is 5.57 Å². The number of anilines is 1. The van der Waals surface area contributed by atoms with Gasteiger partial charge >= 0.3 is 0 Å². The Hall–Kier alpha value is -2.54. The summed E-state index contributed by atoms with van der Waals surface area (Å²) in [7, 11) is 0. The van der Waals surface area contributed by atoms with Gasteiger partial charge in [-0.2, -0.15) is 5.26 Å². The normalized spacial score (nSPS) is 15.2. The first-order chi connectivity index (χ1) is 10.1. The second-order valence-electron chi connectivity index (χ2n) is 4.79. The van der Waals surface area contributed by atoms with Crippen molar-refractivity contribution < 1.29 is 9.53 Å². The maximum absolute atomic E-state index is 10.9. The fourth-order valence-corrected chi connectivity index (χ4v) is 2.40. The molecule has 1 aromatic carbocycles. The number of benzene rings is 1. The lowest BCUT2D eigenvalue weighted by molar-refractivity contribution is -0.104. The van der Waals surface area contributed by atoms with Gasteiger partial charge in [-0.25, -0.2) is 0 Å². The molecule has 0 bridgehead atoms. The molecule has 4 heteroatoms. The Bertz CT molecular complexity index is 662. The van der Waals surface area contributed by atoms with Gasteiger partial charge in [0.25, 0.3) is 0 Å². The summed E-state index contributed by atoms with van der Waals surface area (Å²) in [5, 5.41) is 8.97. The minimum Gasteiger partial charge on any atom is -0.455 e. The Kier molecular flexibility index (Phi) is 4.44. The van der Waals surface area contributed by atoms with Crippen LogP contribution in [0.1, 0.15) is 26.3 Å². The van der Waals surface area contributed by atoms with Gasteiger partial charge in [-0.15, -0.1) is 0 Å². The van der Waals surface area contributed by atoms with E-state index in [1.165, 1.54) is 0 Å². The second-order valence-corrected chi connectivity index (χ2v) is 4.79. The van der Waals surface area contributed by atoms with E-state index in [-0.39, 0.29) is 5.57 Å². The van der Waals surface area contributed by atoms with Crippen molar-refractivity contribution in [3.63, 3.8) is 0 Å². The van der Waals surface area contributed by atoms with E-state index in [1.54, 1.807) is 6.08 Å². The number of hydrogen-bond acceptors (Lipinski definition) is 4. The minimum absolute atomic E-state index is 0.00763. The highest BCUT2D eigenvalue weighted by atomic mass is 16.5. The van der Waals surface area contributed by atoms with E-state index >= 15 is 0 Å². The average Bonchev–Trinajstić information content (AvgIpc) is 2.49. The van der Waals surface area contributed by atoms with Gasteiger partial charge in [0, 0.05) is 30.4 Å². The van der Waals surface area contributed by atoms with Gasteiger partial charge in [0.05, 0.1) is 0 Å². The van der Waals surface area contributed by atoms with Crippen LogP contribution in [0.4, 0.5) is 5.69 Å². The van der Waals surface area contributed by atoms with Crippen molar-refractivity contribution in [1.29, 1.82) is 5.26 Å². The number of fused-ring (bicyclic) bond motifs is 1. The van der Waals surface area contributed by atoms with Crippen LogP contribution in [0.3, 0.4) is 0 Å². The quantitative estimate of drug-likeness (QED) is 0.483. The predicted molar refractivity (Wildman–Crippen MR) is 83.0 cm³/mol. The highest BCUT2D eigenvalue weighted by molar-refractivity contribution is 5.84. The molecule has 1 heterocycles.